The van der Waals surface area contributed by atoms with Gasteiger partial charge in [0.25, 0.3) is 0 Å². The quantitative estimate of drug-likeness (QED) is 0.652. The van der Waals surface area contributed by atoms with Gasteiger partial charge in [0.05, 0.1) is 0 Å². The molecule has 0 heterocycles. The zero-order chi connectivity index (χ0) is 12.0. The van der Waals surface area contributed by atoms with Gasteiger partial charge in [0.1, 0.15) is 5.75 Å². The first-order valence-electron chi connectivity index (χ1n) is 5.67. The van der Waals surface area contributed by atoms with E-state index in [4.69, 9.17) is 10.5 Å². The number of ether oxygens (including phenoxy) is 1. The lowest BCUT2D eigenvalue weighted by Crippen LogP contribution is -2.17. The van der Waals surface area contributed by atoms with Crippen LogP contribution in [-0.4, -0.2) is 12.0 Å². The van der Waals surface area contributed by atoms with E-state index in [1.165, 1.54) is 0 Å². The number of halogens is 1. The van der Waals surface area contributed by atoms with Crippen LogP contribution in [0.15, 0.2) is 24.3 Å². The smallest absolute Gasteiger partial charge is 0.311 e. The van der Waals surface area contributed by atoms with E-state index in [0.717, 1.165) is 18.4 Å². The van der Waals surface area contributed by atoms with Crippen molar-refractivity contribution in [2.45, 2.75) is 39.2 Å². The van der Waals surface area contributed by atoms with E-state index in [-0.39, 0.29) is 24.4 Å². The number of hydrogen-bond donors (Lipinski definition) is 1. The van der Waals surface area contributed by atoms with Crippen LogP contribution >= 0.6 is 12.4 Å². The third kappa shape index (κ3) is 6.29. The van der Waals surface area contributed by atoms with E-state index in [0.29, 0.717) is 12.2 Å². The maximum absolute atomic E-state index is 11.2. The van der Waals surface area contributed by atoms with Crippen LogP contribution in [0.4, 0.5) is 0 Å². The Balaban J connectivity index is 0.00000256. The molecule has 1 rings (SSSR count). The molecule has 0 saturated carbocycles. The van der Waals surface area contributed by atoms with Crippen molar-refractivity contribution in [3.63, 3.8) is 0 Å². The highest BCUT2D eigenvalue weighted by Gasteiger charge is 2.03. The summed E-state index contributed by atoms with van der Waals surface area (Å²) in [6.45, 7) is 3.92. The summed E-state index contributed by atoms with van der Waals surface area (Å²) in [5.74, 6) is 0.425. The third-order valence-corrected chi connectivity index (χ3v) is 2.17. The van der Waals surface area contributed by atoms with Gasteiger partial charge >= 0.3 is 5.97 Å². The fraction of sp³-hybridized carbons (Fsp3) is 0.462. The van der Waals surface area contributed by atoms with E-state index in [1.54, 1.807) is 0 Å². The molecule has 1 aromatic rings. The van der Waals surface area contributed by atoms with Crippen LogP contribution in [0.1, 0.15) is 32.3 Å². The monoisotopic (exact) mass is 257 g/mol. The van der Waals surface area contributed by atoms with Crippen LogP contribution in [0, 0.1) is 0 Å². The minimum Gasteiger partial charge on any atom is -0.427 e. The van der Waals surface area contributed by atoms with E-state index >= 15 is 0 Å². The Bertz CT molecular complexity index is 336. The number of benzene rings is 1. The molecule has 0 aliphatic rings. The average Bonchev–Trinajstić information content (AvgIpc) is 2.20. The molecule has 0 saturated heterocycles. The van der Waals surface area contributed by atoms with Crippen molar-refractivity contribution in [3.8, 4) is 5.75 Å². The molecule has 0 spiro atoms. The molecule has 0 radical (unpaired) electrons. The highest BCUT2D eigenvalue weighted by molar-refractivity contribution is 5.85. The first kappa shape index (κ1) is 15.9. The van der Waals surface area contributed by atoms with Crippen LogP contribution < -0.4 is 10.5 Å². The molecule has 1 unspecified atom stereocenters. The minimum absolute atomic E-state index is 0. The number of carbonyl (C=O) groups is 1. The summed E-state index contributed by atoms with van der Waals surface area (Å²) in [4.78, 5) is 11.2. The highest BCUT2D eigenvalue weighted by atomic mass is 35.5. The largest absolute Gasteiger partial charge is 0.427 e. The van der Waals surface area contributed by atoms with Gasteiger partial charge in [-0.3, -0.25) is 4.79 Å². The molecule has 2 N–H and O–H groups in total. The van der Waals surface area contributed by atoms with E-state index in [2.05, 4.69) is 0 Å². The molecule has 3 nitrogen and oxygen atoms in total. The molecular formula is C13H20ClNO2. The summed E-state index contributed by atoms with van der Waals surface area (Å²) < 4.78 is 5.14. The molecule has 0 amide bonds. The molecule has 0 aromatic heterocycles. The molecular weight excluding hydrogens is 238 g/mol. The van der Waals surface area contributed by atoms with Gasteiger partial charge in [-0.1, -0.05) is 19.1 Å². The summed E-state index contributed by atoms with van der Waals surface area (Å²) in [6, 6.07) is 7.65. The molecule has 17 heavy (non-hydrogen) atoms. The molecule has 96 valence electrons. The number of rotatable bonds is 5. The van der Waals surface area contributed by atoms with Gasteiger partial charge in [0, 0.05) is 12.5 Å². The summed E-state index contributed by atoms with van der Waals surface area (Å²) >= 11 is 0. The van der Waals surface area contributed by atoms with Crippen LogP contribution in [0.3, 0.4) is 0 Å². The Morgan fingerprint density at radius 1 is 1.35 bits per heavy atom. The number of nitrogens with two attached hydrogens (primary N) is 1. The molecule has 0 aliphatic carbocycles. The molecule has 0 bridgehead atoms. The lowest BCUT2D eigenvalue weighted by Gasteiger charge is -2.07. The second-order valence-corrected chi connectivity index (χ2v) is 4.05. The zero-order valence-corrected chi connectivity index (χ0v) is 11.1. The van der Waals surface area contributed by atoms with Crippen molar-refractivity contribution in [1.82, 2.24) is 0 Å². The molecule has 1 atom stereocenters. The minimum atomic E-state index is -0.178. The van der Waals surface area contributed by atoms with E-state index in [9.17, 15) is 4.79 Å². The van der Waals surface area contributed by atoms with Gasteiger partial charge in [0.15, 0.2) is 0 Å². The Kier molecular flexibility index (Phi) is 7.59. The van der Waals surface area contributed by atoms with Gasteiger partial charge in [0.2, 0.25) is 0 Å². The van der Waals surface area contributed by atoms with Crippen LogP contribution in [0.2, 0.25) is 0 Å². The van der Waals surface area contributed by atoms with E-state index in [1.807, 2.05) is 38.1 Å². The maximum atomic E-state index is 11.2. The van der Waals surface area contributed by atoms with Crippen LogP contribution in [0.25, 0.3) is 0 Å². The summed E-state index contributed by atoms with van der Waals surface area (Å²) in [5.41, 5.74) is 6.86. The van der Waals surface area contributed by atoms with Crippen LogP contribution in [0.5, 0.6) is 5.75 Å². The topological polar surface area (TPSA) is 52.3 Å². The predicted octanol–water partition coefficient (Wildman–Crippen LogP) is 2.70. The summed E-state index contributed by atoms with van der Waals surface area (Å²) in [6.07, 6.45) is 2.10. The van der Waals surface area contributed by atoms with Crippen molar-refractivity contribution in [1.29, 1.82) is 0 Å². The summed E-state index contributed by atoms with van der Waals surface area (Å²) in [5, 5.41) is 0. The number of hydrogen-bond acceptors (Lipinski definition) is 3. The Morgan fingerprint density at radius 3 is 2.41 bits per heavy atom. The second-order valence-electron chi connectivity index (χ2n) is 4.05. The van der Waals surface area contributed by atoms with Crippen LogP contribution in [-0.2, 0) is 11.2 Å². The lowest BCUT2D eigenvalue weighted by atomic mass is 10.1. The first-order chi connectivity index (χ1) is 7.61. The molecule has 1 aromatic carbocycles. The first-order valence-corrected chi connectivity index (χ1v) is 5.67. The number of carbonyl (C=O) groups excluding carboxylic acids is 1. The normalized spacial score (nSPS) is 11.5. The predicted molar refractivity (Wildman–Crippen MR) is 71.6 cm³/mol. The molecule has 0 aliphatic heterocycles. The number of esters is 1. The third-order valence-electron chi connectivity index (χ3n) is 2.17. The van der Waals surface area contributed by atoms with Crippen molar-refractivity contribution < 1.29 is 9.53 Å². The second kappa shape index (κ2) is 8.09. The van der Waals surface area contributed by atoms with Gasteiger partial charge in [-0.15, -0.1) is 12.4 Å². The van der Waals surface area contributed by atoms with Gasteiger partial charge < -0.3 is 10.5 Å². The molecule has 0 fully saturated rings. The Hall–Kier alpha value is -1.06. The average molecular weight is 258 g/mol. The van der Waals surface area contributed by atoms with Crippen molar-refractivity contribution in [2.75, 3.05) is 0 Å². The fourth-order valence-corrected chi connectivity index (χ4v) is 1.45. The van der Waals surface area contributed by atoms with Crippen molar-refractivity contribution >= 4 is 18.4 Å². The standard InChI is InChI=1S/C13H19NO2.ClH/c1-3-4-13(15)16-12-7-5-11(6-8-12)9-10(2)14;/h5-8,10H,3-4,9,14H2,1-2H3;1H. The zero-order valence-electron chi connectivity index (χ0n) is 10.3. The Morgan fingerprint density at radius 2 is 1.94 bits per heavy atom. The Labute approximate surface area is 109 Å². The van der Waals surface area contributed by atoms with E-state index < -0.39 is 0 Å². The lowest BCUT2D eigenvalue weighted by molar-refractivity contribution is -0.134. The fourth-order valence-electron chi connectivity index (χ4n) is 1.45. The SMILES string of the molecule is CCCC(=O)Oc1ccc(CC(C)N)cc1.Cl. The molecule has 4 heteroatoms. The van der Waals surface area contributed by atoms with Gasteiger partial charge in [-0.25, -0.2) is 0 Å². The summed E-state index contributed by atoms with van der Waals surface area (Å²) in [7, 11) is 0. The highest BCUT2D eigenvalue weighted by Crippen LogP contribution is 2.14. The van der Waals surface area contributed by atoms with Gasteiger partial charge in [-0.2, -0.15) is 0 Å². The van der Waals surface area contributed by atoms with Crippen molar-refractivity contribution in [3.05, 3.63) is 29.8 Å². The van der Waals surface area contributed by atoms with Gasteiger partial charge in [-0.05, 0) is 37.5 Å². The maximum Gasteiger partial charge on any atom is 0.311 e. The van der Waals surface area contributed by atoms with Crippen molar-refractivity contribution in [2.24, 2.45) is 5.73 Å².